The van der Waals surface area contributed by atoms with Gasteiger partial charge in [0.2, 0.25) is 0 Å². The van der Waals surface area contributed by atoms with Crippen LogP contribution in [-0.4, -0.2) is 83.3 Å². The van der Waals surface area contributed by atoms with Gasteiger partial charge in [-0.2, -0.15) is 9.97 Å². The summed E-state index contributed by atoms with van der Waals surface area (Å²) >= 11 is 0. The molecule has 3 aliphatic heterocycles. The molecular formula is C36H43N5O4. The molecule has 5 heterocycles. The number of rotatable bonds is 8. The molecule has 9 nitrogen and oxygen atoms in total. The fraction of sp³-hybridized carbons (Fsp3) is 0.528. The molecule has 1 N–H and O–H groups in total. The quantitative estimate of drug-likeness (QED) is 0.240. The van der Waals surface area contributed by atoms with E-state index in [0.29, 0.717) is 12.6 Å². The van der Waals surface area contributed by atoms with Crippen molar-refractivity contribution in [1.29, 1.82) is 0 Å². The maximum atomic E-state index is 10.0. The van der Waals surface area contributed by atoms with Crippen LogP contribution in [0.1, 0.15) is 75.3 Å². The Morgan fingerprint density at radius 1 is 1.00 bits per heavy atom. The van der Waals surface area contributed by atoms with E-state index in [0.717, 1.165) is 103 Å². The van der Waals surface area contributed by atoms with E-state index in [4.69, 9.17) is 29.2 Å². The third kappa shape index (κ3) is 4.82. The molecule has 2 aromatic carbocycles. The van der Waals surface area contributed by atoms with Gasteiger partial charge in [0.05, 0.1) is 28.7 Å². The van der Waals surface area contributed by atoms with Crippen molar-refractivity contribution in [3.8, 4) is 23.0 Å². The Bertz CT molecular complexity index is 1740. The molecule has 3 saturated heterocycles. The summed E-state index contributed by atoms with van der Waals surface area (Å²) in [5.74, 6) is 1.77. The first-order valence-electron chi connectivity index (χ1n) is 16.7. The first-order chi connectivity index (χ1) is 22.1. The van der Waals surface area contributed by atoms with E-state index in [1.165, 1.54) is 23.8 Å². The van der Waals surface area contributed by atoms with Crippen LogP contribution in [0, 0.1) is 0 Å². The van der Waals surface area contributed by atoms with E-state index >= 15 is 0 Å². The average molecular weight is 610 g/mol. The van der Waals surface area contributed by atoms with Crippen LogP contribution < -0.4 is 14.4 Å². The van der Waals surface area contributed by atoms with Gasteiger partial charge in [-0.05, 0) is 73.5 Å². The molecule has 2 unspecified atom stereocenters. The van der Waals surface area contributed by atoms with Gasteiger partial charge in [-0.1, -0.05) is 38.0 Å². The molecular weight excluding hydrogens is 566 g/mol. The highest BCUT2D eigenvalue weighted by molar-refractivity contribution is 6.06. The monoisotopic (exact) mass is 609 g/mol. The van der Waals surface area contributed by atoms with Gasteiger partial charge >= 0.3 is 6.01 Å². The first kappa shape index (κ1) is 28.9. The highest BCUT2D eigenvalue weighted by atomic mass is 16.7. The number of ether oxygens (including phenoxy) is 3. The minimum absolute atomic E-state index is 0.0490. The number of fused-ring (bicyclic) bond motifs is 5. The Hall–Kier alpha value is -3.53. The second kappa shape index (κ2) is 11.7. The van der Waals surface area contributed by atoms with Gasteiger partial charge < -0.3 is 24.2 Å². The van der Waals surface area contributed by atoms with E-state index in [-0.39, 0.29) is 30.9 Å². The lowest BCUT2D eigenvalue weighted by Crippen LogP contribution is -2.47. The number of pyridine rings is 1. The number of hydrogen-bond donors (Lipinski definition) is 1. The van der Waals surface area contributed by atoms with Crippen LogP contribution in [0.25, 0.3) is 32.9 Å². The SMILES string of the molecule is COCOc1cc2c3c(cccc3c1)C(C)c1c-2ncc2c(N3CCCCCC3)nc(OCC34CCCN3[C@@H](CO)CC4)nc12. The minimum Gasteiger partial charge on any atom is -0.468 e. The molecule has 0 radical (unpaired) electrons. The Morgan fingerprint density at radius 2 is 1.87 bits per heavy atom. The molecule has 45 heavy (non-hydrogen) atoms. The molecule has 4 aliphatic rings. The molecule has 8 rings (SSSR count). The van der Waals surface area contributed by atoms with Gasteiger partial charge in [-0.15, -0.1) is 0 Å². The van der Waals surface area contributed by atoms with E-state index in [1.54, 1.807) is 7.11 Å². The van der Waals surface area contributed by atoms with E-state index in [9.17, 15) is 5.11 Å². The normalized spacial score (nSPS) is 24.6. The van der Waals surface area contributed by atoms with Gasteiger partial charge in [0.1, 0.15) is 18.2 Å². The fourth-order valence-electron chi connectivity index (χ4n) is 8.63. The lowest BCUT2D eigenvalue weighted by molar-refractivity contribution is 0.0512. The minimum atomic E-state index is -0.0490. The number of benzene rings is 2. The van der Waals surface area contributed by atoms with Crippen LogP contribution in [0.15, 0.2) is 36.5 Å². The van der Waals surface area contributed by atoms with Crippen LogP contribution in [0.4, 0.5) is 5.82 Å². The zero-order valence-corrected chi connectivity index (χ0v) is 26.4. The number of aromatic nitrogens is 3. The summed E-state index contributed by atoms with van der Waals surface area (Å²) in [6.45, 7) is 6.15. The summed E-state index contributed by atoms with van der Waals surface area (Å²) < 4.78 is 17.8. The highest BCUT2D eigenvalue weighted by Gasteiger charge is 2.49. The molecule has 1 aliphatic carbocycles. The van der Waals surface area contributed by atoms with Crippen LogP contribution >= 0.6 is 0 Å². The van der Waals surface area contributed by atoms with Crippen LogP contribution in [0.2, 0.25) is 0 Å². The molecule has 2 aromatic heterocycles. The molecule has 0 saturated carbocycles. The maximum absolute atomic E-state index is 10.0. The third-order valence-corrected chi connectivity index (χ3v) is 10.8. The molecule has 3 fully saturated rings. The van der Waals surface area contributed by atoms with Crippen molar-refractivity contribution in [2.75, 3.05) is 51.7 Å². The van der Waals surface area contributed by atoms with E-state index in [1.807, 2.05) is 6.20 Å². The van der Waals surface area contributed by atoms with Crippen molar-refractivity contribution in [1.82, 2.24) is 19.9 Å². The molecule has 9 heteroatoms. The second-order valence-corrected chi connectivity index (χ2v) is 13.4. The maximum Gasteiger partial charge on any atom is 0.319 e. The van der Waals surface area contributed by atoms with Crippen molar-refractivity contribution < 1.29 is 19.3 Å². The number of aliphatic hydroxyl groups is 1. The van der Waals surface area contributed by atoms with Gasteiger partial charge in [0.25, 0.3) is 0 Å². The third-order valence-electron chi connectivity index (χ3n) is 10.8. The number of hydrogen-bond acceptors (Lipinski definition) is 9. The summed E-state index contributed by atoms with van der Waals surface area (Å²) in [4.78, 5) is 20.4. The van der Waals surface area contributed by atoms with Crippen molar-refractivity contribution in [2.45, 2.75) is 75.8 Å². The van der Waals surface area contributed by atoms with Crippen molar-refractivity contribution in [3.63, 3.8) is 0 Å². The number of anilines is 1. The lowest BCUT2D eigenvalue weighted by Gasteiger charge is -2.34. The summed E-state index contributed by atoms with van der Waals surface area (Å²) in [5.41, 5.74) is 5.25. The molecule has 236 valence electrons. The Labute approximate surface area is 264 Å². The molecule has 0 bridgehead atoms. The zero-order valence-electron chi connectivity index (χ0n) is 26.4. The van der Waals surface area contributed by atoms with Crippen LogP contribution in [0.3, 0.4) is 0 Å². The smallest absolute Gasteiger partial charge is 0.319 e. The summed E-state index contributed by atoms with van der Waals surface area (Å²) in [7, 11) is 1.64. The topological polar surface area (TPSA) is 93.1 Å². The average Bonchev–Trinajstić information content (AvgIpc) is 3.51. The Morgan fingerprint density at radius 3 is 2.69 bits per heavy atom. The Kier molecular flexibility index (Phi) is 7.50. The summed E-state index contributed by atoms with van der Waals surface area (Å²) in [5, 5.41) is 13.4. The van der Waals surface area contributed by atoms with Crippen molar-refractivity contribution >= 4 is 27.5 Å². The fourth-order valence-corrected chi connectivity index (χ4v) is 8.63. The molecule has 0 amide bonds. The van der Waals surface area contributed by atoms with Gasteiger partial charge in [-0.25, -0.2) is 0 Å². The number of aliphatic hydroxyl groups excluding tert-OH is 1. The number of nitrogens with zero attached hydrogens (tertiary/aromatic N) is 5. The summed E-state index contributed by atoms with van der Waals surface area (Å²) in [6, 6.07) is 11.3. The zero-order chi connectivity index (χ0) is 30.5. The van der Waals surface area contributed by atoms with Crippen molar-refractivity contribution in [3.05, 3.63) is 47.7 Å². The van der Waals surface area contributed by atoms with Crippen LogP contribution in [0.5, 0.6) is 11.8 Å². The second-order valence-electron chi connectivity index (χ2n) is 13.4. The van der Waals surface area contributed by atoms with E-state index < -0.39 is 0 Å². The highest BCUT2D eigenvalue weighted by Crippen LogP contribution is 2.49. The molecule has 4 aromatic rings. The predicted molar refractivity (Wildman–Crippen MR) is 175 cm³/mol. The largest absolute Gasteiger partial charge is 0.468 e. The number of methoxy groups -OCH3 is 1. The van der Waals surface area contributed by atoms with E-state index in [2.05, 4.69) is 47.1 Å². The Balaban J connectivity index is 1.27. The predicted octanol–water partition coefficient (Wildman–Crippen LogP) is 6.04. The van der Waals surface area contributed by atoms with Gasteiger partial charge in [0.15, 0.2) is 6.79 Å². The molecule has 0 spiro atoms. The van der Waals surface area contributed by atoms with Crippen molar-refractivity contribution in [2.24, 2.45) is 0 Å². The molecule has 3 atom stereocenters. The van der Waals surface area contributed by atoms with Crippen LogP contribution in [-0.2, 0) is 4.74 Å². The first-order valence-corrected chi connectivity index (χ1v) is 16.7. The van der Waals surface area contributed by atoms with Gasteiger partial charge in [0, 0.05) is 49.5 Å². The lowest BCUT2D eigenvalue weighted by atomic mass is 9.79. The standard InChI is InChI=1S/C36H43N5O4/c1-23-27-10-7-9-24-17-26(45-22-43-2)18-28(31(24)27)32-30(23)33-29(19-37-32)34(40-14-5-3-4-6-15-40)39-35(38-33)44-21-36-12-8-16-41(36)25(20-42)11-13-36/h7,9-10,17-19,23,25,42H,3-6,8,11-16,20-22H2,1-2H3/t23?,25-,36?/m1/s1. The summed E-state index contributed by atoms with van der Waals surface area (Å²) in [6.07, 6.45) is 11.0. The van der Waals surface area contributed by atoms with Gasteiger partial charge in [-0.3, -0.25) is 9.88 Å².